The lowest BCUT2D eigenvalue weighted by atomic mass is 10.1. The van der Waals surface area contributed by atoms with E-state index in [-0.39, 0.29) is 0 Å². The molecule has 3 heteroatoms. The first-order valence-electron chi connectivity index (χ1n) is 7.82. The van der Waals surface area contributed by atoms with Crippen molar-refractivity contribution in [2.75, 3.05) is 13.1 Å². The molecule has 2 rings (SSSR count). The van der Waals surface area contributed by atoms with Gasteiger partial charge in [-0.15, -0.1) is 0 Å². The van der Waals surface area contributed by atoms with Crippen molar-refractivity contribution in [3.63, 3.8) is 0 Å². The first-order valence-corrected chi connectivity index (χ1v) is 7.82. The van der Waals surface area contributed by atoms with Gasteiger partial charge in [0, 0.05) is 5.69 Å². The maximum Gasteiger partial charge on any atom is 0.0662 e. The van der Waals surface area contributed by atoms with E-state index in [1.807, 2.05) is 0 Å². The summed E-state index contributed by atoms with van der Waals surface area (Å²) >= 11 is 0. The van der Waals surface area contributed by atoms with Crippen LogP contribution in [0.2, 0.25) is 0 Å². The molecular weight excluding hydrogens is 258 g/mol. The molecule has 1 N–H and O–H groups in total. The molecule has 3 nitrogen and oxygen atoms in total. The van der Waals surface area contributed by atoms with E-state index in [0.29, 0.717) is 0 Å². The fraction of sp³-hybridized carbons (Fsp3) is 0.500. The highest BCUT2D eigenvalue weighted by molar-refractivity contribution is 5.31. The third-order valence-corrected chi connectivity index (χ3v) is 4.24. The Balaban J connectivity index is 2.16. The van der Waals surface area contributed by atoms with E-state index < -0.39 is 0 Å². The van der Waals surface area contributed by atoms with Crippen molar-refractivity contribution in [2.45, 2.75) is 47.6 Å². The second-order valence-electron chi connectivity index (χ2n) is 5.83. The first-order chi connectivity index (χ1) is 10.0. The zero-order valence-corrected chi connectivity index (χ0v) is 14.0. The Kier molecular flexibility index (Phi) is 5.18. The van der Waals surface area contributed by atoms with Crippen molar-refractivity contribution in [1.29, 1.82) is 0 Å². The minimum Gasteiger partial charge on any atom is -0.317 e. The molecule has 1 aromatic carbocycles. The number of aromatic nitrogens is 2. The van der Waals surface area contributed by atoms with Crippen molar-refractivity contribution in [3.05, 3.63) is 51.8 Å². The quantitative estimate of drug-likeness (QED) is 0.825. The number of nitrogens with one attached hydrogen (secondary N) is 1. The molecule has 0 amide bonds. The largest absolute Gasteiger partial charge is 0.317 e. The predicted octanol–water partition coefficient (Wildman–Crippen LogP) is 3.32. The summed E-state index contributed by atoms with van der Waals surface area (Å²) < 4.78 is 2.14. The highest BCUT2D eigenvalue weighted by Crippen LogP contribution is 2.16. The molecule has 114 valence electrons. The van der Waals surface area contributed by atoms with Crippen LogP contribution in [0.3, 0.4) is 0 Å². The second kappa shape index (κ2) is 6.90. The second-order valence-corrected chi connectivity index (χ2v) is 5.83. The number of hydrogen-bond acceptors (Lipinski definition) is 2. The average molecular weight is 285 g/mol. The molecule has 0 aliphatic rings. The molecule has 0 aliphatic carbocycles. The minimum atomic E-state index is 0.856. The molecule has 0 spiro atoms. The number of hydrogen-bond donors (Lipinski definition) is 1. The van der Waals surface area contributed by atoms with E-state index in [0.717, 1.165) is 31.7 Å². The fourth-order valence-corrected chi connectivity index (χ4v) is 2.71. The van der Waals surface area contributed by atoms with Crippen LogP contribution < -0.4 is 5.32 Å². The summed E-state index contributed by atoms with van der Waals surface area (Å²) in [5, 5.41) is 8.11. The van der Waals surface area contributed by atoms with E-state index in [2.05, 4.69) is 62.8 Å². The van der Waals surface area contributed by atoms with Gasteiger partial charge < -0.3 is 5.32 Å². The van der Waals surface area contributed by atoms with Crippen LogP contribution in [0.5, 0.6) is 0 Å². The molecule has 2 aromatic rings. The van der Waals surface area contributed by atoms with E-state index in [9.17, 15) is 0 Å². The van der Waals surface area contributed by atoms with Gasteiger partial charge in [-0.05, 0) is 69.5 Å². The maximum atomic E-state index is 4.73. The molecule has 21 heavy (non-hydrogen) atoms. The van der Waals surface area contributed by atoms with E-state index in [1.165, 1.54) is 27.9 Å². The lowest BCUT2D eigenvalue weighted by Crippen LogP contribution is -2.16. The zero-order chi connectivity index (χ0) is 15.4. The summed E-state index contributed by atoms with van der Waals surface area (Å²) in [7, 11) is 0. The zero-order valence-electron chi connectivity index (χ0n) is 14.0. The van der Waals surface area contributed by atoms with Crippen molar-refractivity contribution >= 4 is 0 Å². The predicted molar refractivity (Wildman–Crippen MR) is 89.0 cm³/mol. The van der Waals surface area contributed by atoms with Crippen LogP contribution in [0, 0.1) is 27.7 Å². The number of rotatable bonds is 6. The SMILES string of the molecule is CCNCCc1c(C)nn(Cc2ccc(C)c(C)c2)c1C. The van der Waals surface area contributed by atoms with Gasteiger partial charge in [0.25, 0.3) is 0 Å². The summed E-state index contributed by atoms with van der Waals surface area (Å²) in [5.74, 6) is 0. The van der Waals surface area contributed by atoms with Crippen molar-refractivity contribution in [2.24, 2.45) is 0 Å². The molecule has 0 fully saturated rings. The van der Waals surface area contributed by atoms with Gasteiger partial charge in [-0.3, -0.25) is 4.68 Å². The summed E-state index contributed by atoms with van der Waals surface area (Å²) in [6.45, 7) is 13.7. The van der Waals surface area contributed by atoms with Crippen LogP contribution in [0.1, 0.15) is 40.6 Å². The Morgan fingerprint density at radius 2 is 1.86 bits per heavy atom. The Labute approximate surface area is 128 Å². The molecule has 1 heterocycles. The smallest absolute Gasteiger partial charge is 0.0662 e. The Bertz CT molecular complexity index is 611. The normalized spacial score (nSPS) is 11.1. The molecule has 0 aliphatic heterocycles. The van der Waals surface area contributed by atoms with Gasteiger partial charge in [0.1, 0.15) is 0 Å². The molecule has 0 atom stereocenters. The third-order valence-electron chi connectivity index (χ3n) is 4.24. The molecule has 0 bridgehead atoms. The van der Waals surface area contributed by atoms with Gasteiger partial charge >= 0.3 is 0 Å². The van der Waals surface area contributed by atoms with Gasteiger partial charge in [0.15, 0.2) is 0 Å². The van der Waals surface area contributed by atoms with Crippen LogP contribution in [0.4, 0.5) is 0 Å². The van der Waals surface area contributed by atoms with Gasteiger partial charge in [0.05, 0.1) is 12.2 Å². The number of nitrogens with zero attached hydrogens (tertiary/aromatic N) is 2. The van der Waals surface area contributed by atoms with E-state index in [1.54, 1.807) is 0 Å². The number of benzene rings is 1. The van der Waals surface area contributed by atoms with Gasteiger partial charge in [0.2, 0.25) is 0 Å². The van der Waals surface area contributed by atoms with Gasteiger partial charge in [-0.1, -0.05) is 25.1 Å². The molecule has 0 radical (unpaired) electrons. The Morgan fingerprint density at radius 3 is 2.52 bits per heavy atom. The number of likely N-dealkylation sites (N-methyl/N-ethyl adjacent to an activating group) is 1. The third kappa shape index (κ3) is 3.73. The average Bonchev–Trinajstić information content (AvgIpc) is 2.70. The molecule has 0 saturated carbocycles. The molecule has 0 saturated heterocycles. The Hall–Kier alpha value is -1.61. The van der Waals surface area contributed by atoms with Crippen LogP contribution in [-0.4, -0.2) is 22.9 Å². The van der Waals surface area contributed by atoms with E-state index >= 15 is 0 Å². The summed E-state index contributed by atoms with van der Waals surface area (Å²) in [4.78, 5) is 0. The first kappa shape index (κ1) is 15.8. The molecular formula is C18H27N3. The van der Waals surface area contributed by atoms with Crippen molar-refractivity contribution in [3.8, 4) is 0 Å². The number of aryl methyl sites for hydroxylation is 3. The van der Waals surface area contributed by atoms with Crippen molar-refractivity contribution < 1.29 is 0 Å². The molecule has 1 aromatic heterocycles. The van der Waals surface area contributed by atoms with Crippen LogP contribution in [-0.2, 0) is 13.0 Å². The van der Waals surface area contributed by atoms with Crippen molar-refractivity contribution in [1.82, 2.24) is 15.1 Å². The summed E-state index contributed by atoms with van der Waals surface area (Å²) in [5.41, 5.74) is 7.86. The highest BCUT2D eigenvalue weighted by atomic mass is 15.3. The summed E-state index contributed by atoms with van der Waals surface area (Å²) in [6.07, 6.45) is 1.05. The maximum absolute atomic E-state index is 4.73. The van der Waals surface area contributed by atoms with Crippen LogP contribution in [0.25, 0.3) is 0 Å². The van der Waals surface area contributed by atoms with Gasteiger partial charge in [-0.25, -0.2) is 0 Å². The van der Waals surface area contributed by atoms with E-state index in [4.69, 9.17) is 5.10 Å². The lowest BCUT2D eigenvalue weighted by molar-refractivity contribution is 0.656. The standard InChI is InChI=1S/C18H27N3/c1-6-19-10-9-18-15(4)20-21(16(18)5)12-17-8-7-13(2)14(3)11-17/h7-8,11,19H,6,9-10,12H2,1-5H3. The van der Waals surface area contributed by atoms with Crippen LogP contribution >= 0.6 is 0 Å². The topological polar surface area (TPSA) is 29.9 Å². The highest BCUT2D eigenvalue weighted by Gasteiger charge is 2.11. The minimum absolute atomic E-state index is 0.856. The fourth-order valence-electron chi connectivity index (χ4n) is 2.71. The molecule has 0 unspecified atom stereocenters. The monoisotopic (exact) mass is 285 g/mol. The lowest BCUT2D eigenvalue weighted by Gasteiger charge is -2.08. The Morgan fingerprint density at radius 1 is 1.10 bits per heavy atom. The van der Waals surface area contributed by atoms with Gasteiger partial charge in [-0.2, -0.15) is 5.10 Å². The van der Waals surface area contributed by atoms with Crippen LogP contribution in [0.15, 0.2) is 18.2 Å². The summed E-state index contributed by atoms with van der Waals surface area (Å²) in [6, 6.07) is 6.67.